The Morgan fingerprint density at radius 2 is 1.77 bits per heavy atom. The minimum atomic E-state index is -0.681. The number of nitrogens with zero attached hydrogens (tertiary/aromatic N) is 7. The average molecular weight is 916 g/mol. The number of nitrogens with one attached hydrogen (secondary N) is 2. The van der Waals surface area contributed by atoms with Crippen LogP contribution in [0.1, 0.15) is 81.3 Å². The molecule has 4 fully saturated rings. The number of hydrogen-bond acceptors (Lipinski definition) is 13. The highest BCUT2D eigenvalue weighted by molar-refractivity contribution is 6.35. The summed E-state index contributed by atoms with van der Waals surface area (Å²) in [4.78, 5) is 80.0. The van der Waals surface area contributed by atoms with E-state index in [2.05, 4.69) is 37.2 Å². The molecule has 17 nitrogen and oxygen atoms in total. The van der Waals surface area contributed by atoms with E-state index in [0.717, 1.165) is 75.0 Å². The summed E-state index contributed by atoms with van der Waals surface area (Å²) in [6.07, 6.45) is 6.18. The van der Waals surface area contributed by atoms with E-state index in [1.54, 1.807) is 16.8 Å². The van der Waals surface area contributed by atoms with Crippen LogP contribution in [0.25, 0.3) is 10.9 Å². The van der Waals surface area contributed by atoms with Crippen molar-refractivity contribution in [3.8, 4) is 5.75 Å². The fourth-order valence-electron chi connectivity index (χ4n) is 9.80. The summed E-state index contributed by atoms with van der Waals surface area (Å²) in [6, 6.07) is 10.8. The number of fused-ring (bicyclic) bond motifs is 2. The Balaban J connectivity index is 0.756. The number of ether oxygens (including phenoxy) is 2. The lowest BCUT2D eigenvalue weighted by Gasteiger charge is -2.50. The molecule has 1 saturated carbocycles. The van der Waals surface area contributed by atoms with E-state index in [0.29, 0.717) is 51.0 Å². The van der Waals surface area contributed by atoms with Gasteiger partial charge in [-0.25, -0.2) is 4.98 Å². The SMILES string of the molecule is CC(C)n1c(=O)c(OCC(N)=O)cc2cc(Nc3nc(N4CCC(O[C@H]5C[C@H](N6CCN(c7ccc8c(c7Cl)CN([C@@H]7CCC(=O)NC7=O)C8=O)[C@H](C)C6)C5)CC4)ncc3Cl)ccc21. The zero-order valence-corrected chi connectivity index (χ0v) is 37.5. The lowest BCUT2D eigenvalue weighted by Crippen LogP contribution is -2.59. The molecule has 6 heterocycles. The number of aromatic nitrogens is 3. The van der Waals surface area contributed by atoms with Gasteiger partial charge in [-0.3, -0.25) is 34.2 Å². The summed E-state index contributed by atoms with van der Waals surface area (Å²) in [7, 11) is 0. The second-order valence-electron chi connectivity index (χ2n) is 17.7. The number of anilines is 4. The molecule has 4 amide bonds. The number of rotatable bonds is 12. The number of nitrogens with two attached hydrogens (primary N) is 1. The molecule has 2 atom stereocenters. The van der Waals surface area contributed by atoms with Gasteiger partial charge >= 0.3 is 0 Å². The van der Waals surface area contributed by atoms with Gasteiger partial charge in [-0.05, 0) is 89.3 Å². The van der Waals surface area contributed by atoms with Gasteiger partial charge in [0.2, 0.25) is 17.8 Å². The van der Waals surface area contributed by atoms with Crippen molar-refractivity contribution in [2.24, 2.45) is 5.73 Å². The molecule has 1 aliphatic carbocycles. The highest BCUT2D eigenvalue weighted by Gasteiger charge is 2.42. The number of amides is 4. The van der Waals surface area contributed by atoms with Crippen molar-refractivity contribution >= 4 is 80.9 Å². The Kier molecular flexibility index (Phi) is 12.2. The van der Waals surface area contributed by atoms with Gasteiger partial charge in [0, 0.05) is 86.0 Å². The number of halogens is 2. The Morgan fingerprint density at radius 1 is 0.984 bits per heavy atom. The van der Waals surface area contributed by atoms with Crippen molar-refractivity contribution in [3.63, 3.8) is 0 Å². The zero-order valence-electron chi connectivity index (χ0n) is 36.0. The van der Waals surface area contributed by atoms with E-state index in [-0.39, 0.29) is 60.4 Å². The van der Waals surface area contributed by atoms with Crippen LogP contribution in [-0.2, 0) is 25.7 Å². The highest BCUT2D eigenvalue weighted by Crippen LogP contribution is 2.40. The molecular formula is C45H52Cl2N10O7. The average Bonchev–Trinajstić information content (AvgIpc) is 3.58. The lowest BCUT2D eigenvalue weighted by atomic mass is 9.86. The third-order valence-electron chi connectivity index (χ3n) is 13.2. The summed E-state index contributed by atoms with van der Waals surface area (Å²) in [5, 5.41) is 7.31. The van der Waals surface area contributed by atoms with Crippen LogP contribution < -0.4 is 36.5 Å². The first-order valence-electron chi connectivity index (χ1n) is 22.0. The van der Waals surface area contributed by atoms with Gasteiger partial charge in [-0.15, -0.1) is 0 Å². The molecule has 0 unspecified atom stereocenters. The molecule has 4 aliphatic heterocycles. The molecule has 0 spiro atoms. The number of benzene rings is 2. The number of piperazine rings is 1. The number of primary amides is 1. The largest absolute Gasteiger partial charge is 0.478 e. The summed E-state index contributed by atoms with van der Waals surface area (Å²) in [5.74, 6) is -0.583. The van der Waals surface area contributed by atoms with Gasteiger partial charge in [-0.1, -0.05) is 23.2 Å². The lowest BCUT2D eigenvalue weighted by molar-refractivity contribution is -0.137. The van der Waals surface area contributed by atoms with Crippen LogP contribution >= 0.6 is 23.2 Å². The second-order valence-corrected chi connectivity index (χ2v) is 18.5. The molecule has 64 heavy (non-hydrogen) atoms. The van der Waals surface area contributed by atoms with Crippen LogP contribution in [0, 0.1) is 0 Å². The number of piperidine rings is 2. The Morgan fingerprint density at radius 3 is 2.48 bits per heavy atom. The van der Waals surface area contributed by atoms with Gasteiger partial charge in [0.05, 0.1) is 34.6 Å². The van der Waals surface area contributed by atoms with E-state index in [1.807, 2.05) is 44.2 Å². The first kappa shape index (κ1) is 43.7. The van der Waals surface area contributed by atoms with Crippen molar-refractivity contribution in [2.75, 3.05) is 54.4 Å². The van der Waals surface area contributed by atoms with Crippen molar-refractivity contribution in [2.45, 2.75) is 102 Å². The van der Waals surface area contributed by atoms with Crippen LogP contribution in [0.2, 0.25) is 10.0 Å². The Hall–Kier alpha value is -5.49. The first-order valence-corrected chi connectivity index (χ1v) is 22.7. The van der Waals surface area contributed by atoms with E-state index < -0.39 is 24.5 Å². The van der Waals surface area contributed by atoms with Gasteiger partial charge in [0.25, 0.3) is 17.4 Å². The molecule has 338 valence electrons. The molecular weight excluding hydrogens is 863 g/mol. The molecule has 2 aromatic heterocycles. The van der Waals surface area contributed by atoms with Crippen molar-refractivity contribution in [1.82, 2.24) is 29.7 Å². The minimum Gasteiger partial charge on any atom is -0.478 e. The van der Waals surface area contributed by atoms with Crippen LogP contribution in [0.4, 0.5) is 23.1 Å². The zero-order chi connectivity index (χ0) is 45.0. The molecule has 0 bridgehead atoms. The maximum Gasteiger partial charge on any atom is 0.293 e. The van der Waals surface area contributed by atoms with E-state index in [4.69, 9.17) is 43.4 Å². The summed E-state index contributed by atoms with van der Waals surface area (Å²) < 4.78 is 13.7. The molecule has 4 aromatic rings. The van der Waals surface area contributed by atoms with Crippen molar-refractivity contribution in [1.29, 1.82) is 0 Å². The maximum absolute atomic E-state index is 13.3. The van der Waals surface area contributed by atoms with Crippen LogP contribution in [0.15, 0.2) is 47.4 Å². The topological polar surface area (TPSA) is 198 Å². The molecule has 0 radical (unpaired) electrons. The first-order chi connectivity index (χ1) is 30.7. The number of pyridine rings is 1. The fraction of sp³-hybridized carbons (Fsp3) is 0.489. The maximum atomic E-state index is 13.3. The van der Waals surface area contributed by atoms with E-state index in [9.17, 15) is 24.0 Å². The third kappa shape index (κ3) is 8.57. The Labute approximate surface area is 380 Å². The number of carbonyl (C=O) groups excluding carboxylic acids is 4. The second kappa shape index (κ2) is 17.8. The molecule has 19 heteroatoms. The van der Waals surface area contributed by atoms with Gasteiger partial charge in [0.1, 0.15) is 11.1 Å². The van der Waals surface area contributed by atoms with Gasteiger partial charge in [0.15, 0.2) is 18.2 Å². The predicted molar refractivity (Wildman–Crippen MR) is 243 cm³/mol. The molecule has 4 N–H and O–H groups in total. The molecule has 9 rings (SSSR count). The van der Waals surface area contributed by atoms with Gasteiger partial charge < -0.3 is 39.8 Å². The smallest absolute Gasteiger partial charge is 0.293 e. The quantitative estimate of drug-likeness (QED) is 0.165. The summed E-state index contributed by atoms with van der Waals surface area (Å²) in [5.41, 5.74) is 8.49. The fourth-order valence-corrected chi connectivity index (χ4v) is 10.3. The van der Waals surface area contributed by atoms with Crippen molar-refractivity contribution in [3.05, 3.63) is 74.1 Å². The number of hydrogen-bond donors (Lipinski definition) is 3. The van der Waals surface area contributed by atoms with E-state index >= 15 is 0 Å². The third-order valence-corrected chi connectivity index (χ3v) is 13.9. The normalized spacial score (nSPS) is 23.1. The number of carbonyl (C=O) groups is 4. The highest BCUT2D eigenvalue weighted by atomic mass is 35.5. The molecule has 2 aromatic carbocycles. The van der Waals surface area contributed by atoms with Gasteiger partial charge in [-0.2, -0.15) is 4.98 Å². The Bertz CT molecular complexity index is 2580. The van der Waals surface area contributed by atoms with Crippen LogP contribution in [-0.4, -0.2) is 118 Å². The predicted octanol–water partition coefficient (Wildman–Crippen LogP) is 4.78. The molecule has 3 saturated heterocycles. The summed E-state index contributed by atoms with van der Waals surface area (Å²) >= 11 is 13.6. The van der Waals surface area contributed by atoms with Crippen LogP contribution in [0.5, 0.6) is 5.75 Å². The van der Waals surface area contributed by atoms with E-state index in [1.165, 1.54) is 4.90 Å². The number of imide groups is 1. The molecule has 5 aliphatic rings. The summed E-state index contributed by atoms with van der Waals surface area (Å²) in [6.45, 7) is 9.92. The minimum absolute atomic E-state index is 0.0393. The standard InChI is InChI=1S/C45H52Cl2N10O7/c1-24(2)57-34-6-4-27(16-26(34)17-37(44(57)62)63-23-38(48)58)50-41-33(46)20-49-45(52-41)53-12-10-29(11-13-53)64-30-18-28(19-30)54-14-15-55(25(3)21-54)35-7-5-31-32(40(35)47)22-56(43(31)61)36-8-9-39(59)51-42(36)60/h4-7,16-17,20,24-25,28-30,36H,8-15,18-19,21-23H2,1-3H3,(H2,48,58)(H,49,50,52)(H,51,59,60)/t25-,28-,30-,36-/m1/s1. The van der Waals surface area contributed by atoms with Crippen LogP contribution in [0.3, 0.4) is 0 Å². The van der Waals surface area contributed by atoms with Crippen molar-refractivity contribution < 1.29 is 28.7 Å². The monoisotopic (exact) mass is 914 g/mol.